The third kappa shape index (κ3) is 2.81. The number of rotatable bonds is 3. The molecular weight excluding hydrogens is 292 g/mol. The second-order valence-electron chi connectivity index (χ2n) is 6.07. The van der Waals surface area contributed by atoms with Crippen molar-refractivity contribution in [3.63, 3.8) is 0 Å². The van der Waals surface area contributed by atoms with Crippen molar-refractivity contribution in [1.29, 1.82) is 0 Å². The number of likely N-dealkylation sites (tertiary alicyclic amines) is 1. The van der Waals surface area contributed by atoms with E-state index in [1.165, 1.54) is 0 Å². The number of aromatic nitrogens is 5. The van der Waals surface area contributed by atoms with Crippen molar-refractivity contribution in [2.45, 2.75) is 19.3 Å². The van der Waals surface area contributed by atoms with Crippen LogP contribution in [0.4, 0.5) is 0 Å². The number of fused-ring (bicyclic) bond motifs is 1. The molecule has 7 nitrogen and oxygen atoms in total. The van der Waals surface area contributed by atoms with Crippen molar-refractivity contribution in [2.24, 2.45) is 5.92 Å². The van der Waals surface area contributed by atoms with Crippen LogP contribution in [-0.2, 0) is 6.42 Å². The van der Waals surface area contributed by atoms with Gasteiger partial charge in [0.25, 0.3) is 5.91 Å². The minimum absolute atomic E-state index is 0.0733. The van der Waals surface area contributed by atoms with Gasteiger partial charge in [0.15, 0.2) is 0 Å². The van der Waals surface area contributed by atoms with E-state index in [1.54, 1.807) is 12.3 Å². The molecular formula is C16H18N6O. The Hall–Kier alpha value is -2.70. The summed E-state index contributed by atoms with van der Waals surface area (Å²) in [5, 5.41) is 17.6. The maximum atomic E-state index is 12.8. The van der Waals surface area contributed by atoms with Crippen molar-refractivity contribution in [1.82, 2.24) is 30.5 Å². The zero-order valence-electron chi connectivity index (χ0n) is 12.7. The molecule has 1 aliphatic heterocycles. The molecule has 0 unspecified atom stereocenters. The van der Waals surface area contributed by atoms with E-state index >= 15 is 0 Å². The second-order valence-corrected chi connectivity index (χ2v) is 6.07. The van der Waals surface area contributed by atoms with Crippen LogP contribution >= 0.6 is 0 Å². The lowest BCUT2D eigenvalue weighted by atomic mass is 9.93. The normalized spacial score (nSPS) is 18.4. The maximum Gasteiger partial charge on any atom is 0.253 e. The minimum atomic E-state index is 0.0733. The van der Waals surface area contributed by atoms with Gasteiger partial charge in [-0.2, -0.15) is 20.5 Å². The first kappa shape index (κ1) is 13.9. The third-order valence-corrected chi connectivity index (χ3v) is 4.44. The van der Waals surface area contributed by atoms with Gasteiger partial charge in [0.05, 0.1) is 0 Å². The largest absolute Gasteiger partial charge is 0.338 e. The highest BCUT2D eigenvalue weighted by Crippen LogP contribution is 2.22. The van der Waals surface area contributed by atoms with Crippen LogP contribution in [0, 0.1) is 5.92 Å². The van der Waals surface area contributed by atoms with Gasteiger partial charge in [-0.3, -0.25) is 9.89 Å². The van der Waals surface area contributed by atoms with E-state index in [2.05, 4.69) is 25.6 Å². The molecule has 0 aliphatic carbocycles. The fraction of sp³-hybridized carbons (Fsp3) is 0.375. The molecule has 2 aromatic heterocycles. The minimum Gasteiger partial charge on any atom is -0.338 e. The van der Waals surface area contributed by atoms with Crippen LogP contribution in [0.1, 0.15) is 28.9 Å². The van der Waals surface area contributed by atoms with Crippen molar-refractivity contribution in [2.75, 3.05) is 13.1 Å². The van der Waals surface area contributed by atoms with Crippen molar-refractivity contribution in [3.05, 3.63) is 41.7 Å². The fourth-order valence-electron chi connectivity index (χ4n) is 3.28. The summed E-state index contributed by atoms with van der Waals surface area (Å²) in [5.74, 6) is 0.549. The number of hydrogen-bond acceptors (Lipinski definition) is 4. The molecule has 23 heavy (non-hydrogen) atoms. The van der Waals surface area contributed by atoms with Gasteiger partial charge in [-0.05, 0) is 49.4 Å². The van der Waals surface area contributed by atoms with Gasteiger partial charge in [-0.1, -0.05) is 0 Å². The van der Waals surface area contributed by atoms with Gasteiger partial charge in [-0.25, -0.2) is 0 Å². The number of amides is 1. The summed E-state index contributed by atoms with van der Waals surface area (Å²) in [6, 6.07) is 7.46. The van der Waals surface area contributed by atoms with E-state index in [1.807, 2.05) is 23.1 Å². The van der Waals surface area contributed by atoms with Crippen molar-refractivity contribution >= 4 is 16.9 Å². The Morgan fingerprint density at radius 3 is 3.04 bits per heavy atom. The second kappa shape index (κ2) is 5.83. The zero-order chi connectivity index (χ0) is 15.6. The lowest BCUT2D eigenvalue weighted by Gasteiger charge is -2.32. The maximum absolute atomic E-state index is 12.8. The van der Waals surface area contributed by atoms with Gasteiger partial charge in [-0.15, -0.1) is 0 Å². The summed E-state index contributed by atoms with van der Waals surface area (Å²) in [4.78, 5) is 14.7. The van der Waals surface area contributed by atoms with E-state index in [0.717, 1.165) is 49.1 Å². The fourth-order valence-corrected chi connectivity index (χ4v) is 3.28. The van der Waals surface area contributed by atoms with Crippen molar-refractivity contribution in [3.8, 4) is 0 Å². The molecule has 0 saturated carbocycles. The molecule has 3 aromatic rings. The van der Waals surface area contributed by atoms with Gasteiger partial charge in [0, 0.05) is 30.5 Å². The highest BCUT2D eigenvalue weighted by atomic mass is 16.2. The Bertz CT molecular complexity index is 809. The summed E-state index contributed by atoms with van der Waals surface area (Å²) >= 11 is 0. The first-order valence-electron chi connectivity index (χ1n) is 7.87. The highest BCUT2D eigenvalue weighted by molar-refractivity contribution is 5.97. The lowest BCUT2D eigenvalue weighted by Crippen LogP contribution is -2.40. The molecule has 2 N–H and O–H groups in total. The van der Waals surface area contributed by atoms with E-state index < -0.39 is 0 Å². The highest BCUT2D eigenvalue weighted by Gasteiger charge is 2.25. The van der Waals surface area contributed by atoms with E-state index in [0.29, 0.717) is 11.5 Å². The molecule has 1 atom stereocenters. The predicted molar refractivity (Wildman–Crippen MR) is 84.8 cm³/mol. The molecule has 1 aliphatic rings. The van der Waals surface area contributed by atoms with Gasteiger partial charge in [0.1, 0.15) is 11.0 Å². The zero-order valence-corrected chi connectivity index (χ0v) is 12.7. The van der Waals surface area contributed by atoms with Crippen LogP contribution in [0.15, 0.2) is 30.5 Å². The quantitative estimate of drug-likeness (QED) is 0.771. The number of aromatic amines is 2. The summed E-state index contributed by atoms with van der Waals surface area (Å²) in [7, 11) is 0. The Labute approximate surface area is 133 Å². The number of piperidine rings is 1. The summed E-state index contributed by atoms with van der Waals surface area (Å²) < 4.78 is 0. The molecule has 1 aromatic carbocycles. The molecule has 7 heteroatoms. The average Bonchev–Trinajstić information content (AvgIpc) is 3.25. The molecule has 3 heterocycles. The standard InChI is InChI=1S/C16H18N6O/c23-16(12-3-4-14-15(9-12)20-21-19-14)22-7-1-2-11(10-22)8-13-5-6-17-18-13/h3-6,9,11H,1-2,7-8,10H2,(H,17,18)(H,19,20,21)/t11-/m1/s1. The number of nitrogens with one attached hydrogen (secondary N) is 2. The van der Waals surface area contributed by atoms with Crippen molar-refractivity contribution < 1.29 is 4.79 Å². The molecule has 0 radical (unpaired) electrons. The average molecular weight is 310 g/mol. The van der Waals surface area contributed by atoms with Crippen LogP contribution in [0.2, 0.25) is 0 Å². The predicted octanol–water partition coefficient (Wildman–Crippen LogP) is 1.78. The van der Waals surface area contributed by atoms with Gasteiger partial charge < -0.3 is 4.90 Å². The molecule has 0 spiro atoms. The Morgan fingerprint density at radius 1 is 1.26 bits per heavy atom. The number of benzene rings is 1. The number of H-pyrrole nitrogens is 2. The van der Waals surface area contributed by atoms with Crippen LogP contribution < -0.4 is 0 Å². The molecule has 1 fully saturated rings. The first-order valence-corrected chi connectivity index (χ1v) is 7.87. The number of carbonyl (C=O) groups excluding carboxylic acids is 1. The summed E-state index contributed by atoms with van der Waals surface area (Å²) in [6.07, 6.45) is 4.89. The molecule has 118 valence electrons. The molecule has 1 saturated heterocycles. The molecule has 0 bridgehead atoms. The van der Waals surface area contributed by atoms with Gasteiger partial charge >= 0.3 is 0 Å². The lowest BCUT2D eigenvalue weighted by molar-refractivity contribution is 0.0673. The SMILES string of the molecule is O=C(c1ccc2n[nH]nc2c1)N1CCC[C@H](Cc2ccn[nH]2)C1. The van der Waals surface area contributed by atoms with E-state index in [9.17, 15) is 4.79 Å². The molecule has 4 rings (SSSR count). The Morgan fingerprint density at radius 2 is 2.17 bits per heavy atom. The van der Waals surface area contributed by atoms with E-state index in [-0.39, 0.29) is 5.91 Å². The van der Waals surface area contributed by atoms with Crippen LogP contribution in [0.25, 0.3) is 11.0 Å². The van der Waals surface area contributed by atoms with Crippen LogP contribution in [0.3, 0.4) is 0 Å². The molecule has 1 amide bonds. The monoisotopic (exact) mass is 310 g/mol. The number of nitrogens with zero attached hydrogens (tertiary/aromatic N) is 4. The number of carbonyl (C=O) groups is 1. The number of hydrogen-bond donors (Lipinski definition) is 2. The first-order chi connectivity index (χ1) is 11.3. The third-order valence-electron chi connectivity index (χ3n) is 4.44. The van der Waals surface area contributed by atoms with E-state index in [4.69, 9.17) is 0 Å². The van der Waals surface area contributed by atoms with Crippen LogP contribution in [-0.4, -0.2) is 49.5 Å². The topological polar surface area (TPSA) is 90.6 Å². The Kier molecular flexibility index (Phi) is 3.53. The summed E-state index contributed by atoms with van der Waals surface area (Å²) in [6.45, 7) is 1.60. The van der Waals surface area contributed by atoms with Crippen LogP contribution in [0.5, 0.6) is 0 Å². The smallest absolute Gasteiger partial charge is 0.253 e. The Balaban J connectivity index is 1.48. The summed E-state index contributed by atoms with van der Waals surface area (Å²) in [5.41, 5.74) is 3.31. The van der Waals surface area contributed by atoms with Gasteiger partial charge in [0.2, 0.25) is 0 Å².